The number of anilines is 1. The molecule has 0 bridgehead atoms. The predicted molar refractivity (Wildman–Crippen MR) is 66.9 cm³/mol. The fraction of sp³-hybridized carbons (Fsp3) is 0.636. The van der Waals surface area contributed by atoms with E-state index in [1.807, 2.05) is 6.92 Å². The molecule has 5 nitrogen and oxygen atoms in total. The van der Waals surface area contributed by atoms with Crippen molar-refractivity contribution in [3.8, 4) is 0 Å². The Kier molecular flexibility index (Phi) is 3.63. The smallest absolute Gasteiger partial charge is 0.307 e. The Morgan fingerprint density at radius 1 is 1.71 bits per heavy atom. The normalized spacial score (nSPS) is 21.6. The molecule has 0 radical (unpaired) electrons. The summed E-state index contributed by atoms with van der Waals surface area (Å²) >= 11 is 1.50. The number of likely N-dealkylation sites (tertiary alicyclic amines) is 1. The van der Waals surface area contributed by atoms with Gasteiger partial charge in [-0.1, -0.05) is 0 Å². The van der Waals surface area contributed by atoms with Crippen molar-refractivity contribution in [2.45, 2.75) is 26.3 Å². The van der Waals surface area contributed by atoms with Crippen LogP contribution in [0.3, 0.4) is 0 Å². The van der Waals surface area contributed by atoms with Crippen LogP contribution in [-0.4, -0.2) is 34.0 Å². The zero-order valence-corrected chi connectivity index (χ0v) is 10.7. The number of thiazole rings is 1. The molecule has 1 aliphatic rings. The van der Waals surface area contributed by atoms with Gasteiger partial charge in [-0.05, 0) is 26.3 Å². The molecule has 0 aromatic carbocycles. The minimum Gasteiger partial charge on any atom is -0.481 e. The summed E-state index contributed by atoms with van der Waals surface area (Å²) < 4.78 is 0. The summed E-state index contributed by atoms with van der Waals surface area (Å²) in [5.74, 6) is -0.912. The molecule has 0 saturated carbocycles. The SMILES string of the molecule is Cc1nc(N)sc1CN1CCCC(C(=O)O)C1. The lowest BCUT2D eigenvalue weighted by molar-refractivity contribution is -0.143. The van der Waals surface area contributed by atoms with Gasteiger partial charge in [-0.15, -0.1) is 11.3 Å². The van der Waals surface area contributed by atoms with E-state index in [1.165, 1.54) is 11.3 Å². The van der Waals surface area contributed by atoms with Crippen molar-refractivity contribution >= 4 is 22.4 Å². The quantitative estimate of drug-likeness (QED) is 0.851. The number of carboxylic acid groups (broad SMARTS) is 1. The summed E-state index contributed by atoms with van der Waals surface area (Å²) in [6.45, 7) is 4.30. The number of carboxylic acids is 1. The average Bonchev–Trinajstić information content (AvgIpc) is 2.58. The highest BCUT2D eigenvalue weighted by Crippen LogP contribution is 2.24. The fourth-order valence-electron chi connectivity index (χ4n) is 2.20. The molecule has 1 saturated heterocycles. The minimum absolute atomic E-state index is 0.227. The van der Waals surface area contributed by atoms with Gasteiger partial charge < -0.3 is 10.8 Å². The number of hydrogen-bond donors (Lipinski definition) is 2. The van der Waals surface area contributed by atoms with Gasteiger partial charge in [0.15, 0.2) is 5.13 Å². The Labute approximate surface area is 104 Å². The molecule has 6 heteroatoms. The fourth-order valence-corrected chi connectivity index (χ4v) is 3.08. The van der Waals surface area contributed by atoms with Crippen LogP contribution in [0, 0.1) is 12.8 Å². The van der Waals surface area contributed by atoms with E-state index in [0.717, 1.165) is 36.5 Å². The molecule has 0 spiro atoms. The Bertz CT molecular complexity index is 419. The van der Waals surface area contributed by atoms with Crippen LogP contribution < -0.4 is 5.73 Å². The number of nitrogens with zero attached hydrogens (tertiary/aromatic N) is 2. The van der Waals surface area contributed by atoms with Crippen LogP contribution in [0.5, 0.6) is 0 Å². The van der Waals surface area contributed by atoms with Crippen LogP contribution in [-0.2, 0) is 11.3 Å². The molecule has 1 aliphatic heterocycles. The molecule has 1 aromatic rings. The largest absolute Gasteiger partial charge is 0.481 e. The van der Waals surface area contributed by atoms with Crippen LogP contribution in [0.15, 0.2) is 0 Å². The Morgan fingerprint density at radius 2 is 2.47 bits per heavy atom. The molecular weight excluding hydrogens is 238 g/mol. The van der Waals surface area contributed by atoms with Gasteiger partial charge in [-0.3, -0.25) is 9.69 Å². The average molecular weight is 255 g/mol. The first-order valence-electron chi connectivity index (χ1n) is 5.73. The second-order valence-electron chi connectivity index (χ2n) is 4.47. The molecule has 17 heavy (non-hydrogen) atoms. The highest BCUT2D eigenvalue weighted by Gasteiger charge is 2.25. The van der Waals surface area contributed by atoms with E-state index in [4.69, 9.17) is 10.8 Å². The van der Waals surface area contributed by atoms with Crippen LogP contribution >= 0.6 is 11.3 Å². The third-order valence-electron chi connectivity index (χ3n) is 3.13. The number of aromatic nitrogens is 1. The zero-order chi connectivity index (χ0) is 12.4. The van der Waals surface area contributed by atoms with Crippen molar-refractivity contribution in [2.24, 2.45) is 5.92 Å². The van der Waals surface area contributed by atoms with Crippen molar-refractivity contribution < 1.29 is 9.90 Å². The van der Waals surface area contributed by atoms with Gasteiger partial charge in [0.25, 0.3) is 0 Å². The third kappa shape index (κ3) is 2.95. The maximum absolute atomic E-state index is 11.0. The number of nitrogens with two attached hydrogens (primary N) is 1. The van der Waals surface area contributed by atoms with Crippen molar-refractivity contribution in [3.63, 3.8) is 0 Å². The first kappa shape index (κ1) is 12.3. The number of aliphatic carboxylic acids is 1. The van der Waals surface area contributed by atoms with Crippen LogP contribution in [0.2, 0.25) is 0 Å². The standard InChI is InChI=1S/C11H17N3O2S/c1-7-9(17-11(12)13-7)6-14-4-2-3-8(5-14)10(15)16/h8H,2-6H2,1H3,(H2,12,13)(H,15,16). The molecule has 1 unspecified atom stereocenters. The summed E-state index contributed by atoms with van der Waals surface area (Å²) in [7, 11) is 0. The summed E-state index contributed by atoms with van der Waals surface area (Å²) in [4.78, 5) is 18.5. The number of aryl methyl sites for hydroxylation is 1. The van der Waals surface area contributed by atoms with Gasteiger partial charge in [0.05, 0.1) is 11.6 Å². The van der Waals surface area contributed by atoms with Crippen LogP contribution in [0.4, 0.5) is 5.13 Å². The topological polar surface area (TPSA) is 79.5 Å². The van der Waals surface area contributed by atoms with E-state index < -0.39 is 5.97 Å². The molecular formula is C11H17N3O2S. The summed E-state index contributed by atoms with van der Waals surface area (Å²) in [5.41, 5.74) is 6.62. The number of piperidine rings is 1. The van der Waals surface area contributed by atoms with E-state index >= 15 is 0 Å². The van der Waals surface area contributed by atoms with Gasteiger partial charge in [0.1, 0.15) is 0 Å². The molecule has 0 aliphatic carbocycles. The van der Waals surface area contributed by atoms with E-state index in [1.54, 1.807) is 0 Å². The van der Waals surface area contributed by atoms with Crippen molar-refractivity contribution in [1.29, 1.82) is 0 Å². The van der Waals surface area contributed by atoms with Crippen LogP contribution in [0.25, 0.3) is 0 Å². The van der Waals surface area contributed by atoms with E-state index in [-0.39, 0.29) is 5.92 Å². The summed E-state index contributed by atoms with van der Waals surface area (Å²) in [6, 6.07) is 0. The highest BCUT2D eigenvalue weighted by molar-refractivity contribution is 7.15. The number of carbonyl (C=O) groups is 1. The van der Waals surface area contributed by atoms with Crippen molar-refractivity contribution in [3.05, 3.63) is 10.6 Å². The molecule has 1 aromatic heterocycles. The molecule has 3 N–H and O–H groups in total. The van der Waals surface area contributed by atoms with Gasteiger partial charge in [-0.25, -0.2) is 4.98 Å². The number of rotatable bonds is 3. The molecule has 0 amide bonds. The lowest BCUT2D eigenvalue weighted by Crippen LogP contribution is -2.38. The summed E-state index contributed by atoms with van der Waals surface area (Å²) in [6.07, 6.45) is 1.74. The molecule has 2 rings (SSSR count). The lowest BCUT2D eigenvalue weighted by Gasteiger charge is -2.30. The van der Waals surface area contributed by atoms with E-state index in [9.17, 15) is 4.79 Å². The summed E-state index contributed by atoms with van der Waals surface area (Å²) in [5, 5.41) is 9.61. The zero-order valence-electron chi connectivity index (χ0n) is 9.85. The van der Waals surface area contributed by atoms with E-state index in [0.29, 0.717) is 11.7 Å². The monoisotopic (exact) mass is 255 g/mol. The first-order valence-corrected chi connectivity index (χ1v) is 6.55. The number of hydrogen-bond acceptors (Lipinski definition) is 5. The van der Waals surface area contributed by atoms with E-state index in [2.05, 4.69) is 9.88 Å². The maximum atomic E-state index is 11.0. The maximum Gasteiger partial charge on any atom is 0.307 e. The number of nitrogen functional groups attached to an aromatic ring is 1. The lowest BCUT2D eigenvalue weighted by atomic mass is 9.98. The first-order chi connectivity index (χ1) is 8.06. The third-order valence-corrected chi connectivity index (χ3v) is 4.10. The Hall–Kier alpha value is -1.14. The Balaban J connectivity index is 1.99. The Morgan fingerprint density at radius 3 is 3.06 bits per heavy atom. The second kappa shape index (κ2) is 5.01. The van der Waals surface area contributed by atoms with Gasteiger partial charge in [0.2, 0.25) is 0 Å². The predicted octanol–water partition coefficient (Wildman–Crippen LogP) is 1.33. The van der Waals surface area contributed by atoms with Gasteiger partial charge in [-0.2, -0.15) is 0 Å². The van der Waals surface area contributed by atoms with Crippen molar-refractivity contribution in [2.75, 3.05) is 18.8 Å². The molecule has 1 atom stereocenters. The van der Waals surface area contributed by atoms with Gasteiger partial charge >= 0.3 is 5.97 Å². The van der Waals surface area contributed by atoms with Crippen LogP contribution in [0.1, 0.15) is 23.4 Å². The molecule has 1 fully saturated rings. The second-order valence-corrected chi connectivity index (χ2v) is 5.59. The van der Waals surface area contributed by atoms with Gasteiger partial charge in [0, 0.05) is 18.0 Å². The molecule has 2 heterocycles. The van der Waals surface area contributed by atoms with Crippen molar-refractivity contribution in [1.82, 2.24) is 9.88 Å². The molecule has 94 valence electrons. The highest BCUT2D eigenvalue weighted by atomic mass is 32.1. The minimum atomic E-state index is -0.685.